The van der Waals surface area contributed by atoms with E-state index in [-0.39, 0.29) is 28.7 Å². The van der Waals surface area contributed by atoms with Crippen molar-refractivity contribution >= 4 is 27.8 Å². The standard InChI is InChI=1S/C21H27N5O7S/c1-12(2)10-17(26-20(32-21(26)29)16-8-6-7-9-22-16)19(28)23-25(11-13(3)27)34(30,31)18-14(4)24-33-15(18)5/h6-9,12,17,20H,10-11H2,1-5H3,(H,23,28)/t17-,20?/m0/s1. The van der Waals surface area contributed by atoms with Crippen molar-refractivity contribution in [2.24, 2.45) is 5.92 Å². The molecule has 1 saturated heterocycles. The zero-order valence-electron chi connectivity index (χ0n) is 19.5. The van der Waals surface area contributed by atoms with Crippen LogP contribution in [0.5, 0.6) is 0 Å². The van der Waals surface area contributed by atoms with Crippen LogP contribution in [-0.4, -0.2) is 58.2 Å². The van der Waals surface area contributed by atoms with Crippen LogP contribution < -0.4 is 5.43 Å². The van der Waals surface area contributed by atoms with Crippen LogP contribution in [0.4, 0.5) is 4.79 Å². The highest BCUT2D eigenvalue weighted by Gasteiger charge is 2.48. The molecule has 2 aromatic heterocycles. The maximum atomic E-state index is 13.4. The minimum absolute atomic E-state index is 0.0144. The molecule has 0 bridgehead atoms. The third-order valence-corrected chi connectivity index (χ3v) is 6.97. The Hall–Kier alpha value is -3.32. The number of cyclic esters (lactones) is 1. The highest BCUT2D eigenvalue weighted by atomic mass is 32.2. The Balaban J connectivity index is 1.93. The Morgan fingerprint density at radius 3 is 2.47 bits per heavy atom. The minimum Gasteiger partial charge on any atom is -0.419 e. The molecular weight excluding hydrogens is 466 g/mol. The second kappa shape index (κ2) is 9.89. The maximum absolute atomic E-state index is 13.4. The predicted octanol–water partition coefficient (Wildman–Crippen LogP) is 1.86. The summed E-state index contributed by atoms with van der Waals surface area (Å²) < 4.78 is 37.3. The number of ketones is 1. The number of nitrogens with one attached hydrogen (secondary N) is 1. The number of aryl methyl sites for hydroxylation is 2. The molecular formula is C21H27N5O7S. The topological polar surface area (TPSA) is 152 Å². The fourth-order valence-electron chi connectivity index (χ4n) is 3.61. The smallest absolute Gasteiger partial charge is 0.415 e. The van der Waals surface area contributed by atoms with Crippen LogP contribution in [0.3, 0.4) is 0 Å². The maximum Gasteiger partial charge on any atom is 0.415 e. The Bertz CT molecular complexity index is 1160. The average molecular weight is 494 g/mol. The Morgan fingerprint density at radius 2 is 1.97 bits per heavy atom. The van der Waals surface area contributed by atoms with Gasteiger partial charge in [-0.2, -0.15) is 0 Å². The van der Waals surface area contributed by atoms with Crippen molar-refractivity contribution in [2.45, 2.75) is 58.2 Å². The predicted molar refractivity (Wildman–Crippen MR) is 117 cm³/mol. The number of aromatic nitrogens is 2. The van der Waals surface area contributed by atoms with Gasteiger partial charge in [-0.05, 0) is 45.2 Å². The summed E-state index contributed by atoms with van der Waals surface area (Å²) in [5.41, 5.74) is 2.83. The van der Waals surface area contributed by atoms with E-state index in [2.05, 4.69) is 15.6 Å². The summed E-state index contributed by atoms with van der Waals surface area (Å²) in [6, 6.07) is 3.99. The van der Waals surface area contributed by atoms with Crippen LogP contribution in [0.2, 0.25) is 0 Å². The average Bonchev–Trinajstić information content (AvgIpc) is 3.09. The first-order valence-electron chi connectivity index (χ1n) is 10.6. The molecule has 1 aliphatic rings. The number of hydrogen-bond donors (Lipinski definition) is 1. The molecule has 2 atom stereocenters. The van der Waals surface area contributed by atoms with Crippen LogP contribution in [0, 0.1) is 19.8 Å². The lowest BCUT2D eigenvalue weighted by atomic mass is 10.0. The van der Waals surface area contributed by atoms with E-state index in [0.717, 1.165) is 0 Å². The Labute approximate surface area is 197 Å². The molecule has 34 heavy (non-hydrogen) atoms. The molecule has 1 N–H and O–H groups in total. The van der Waals surface area contributed by atoms with Crippen molar-refractivity contribution in [3.63, 3.8) is 0 Å². The third-order valence-electron chi connectivity index (χ3n) is 5.07. The van der Waals surface area contributed by atoms with Gasteiger partial charge in [0, 0.05) is 6.20 Å². The summed E-state index contributed by atoms with van der Waals surface area (Å²) in [4.78, 5) is 42.8. The molecule has 13 heteroatoms. The van der Waals surface area contributed by atoms with Gasteiger partial charge in [0.25, 0.3) is 15.9 Å². The monoisotopic (exact) mass is 493 g/mol. The first kappa shape index (κ1) is 25.3. The number of amides is 2. The van der Waals surface area contributed by atoms with Gasteiger partial charge in [0.15, 0.2) is 5.76 Å². The number of carbonyl (C=O) groups is 3. The van der Waals surface area contributed by atoms with Gasteiger partial charge in [-0.3, -0.25) is 24.9 Å². The number of Topliss-reactive ketones (excluding diaryl/α,β-unsaturated/α-hetero) is 1. The summed E-state index contributed by atoms with van der Waals surface area (Å²) in [7, 11) is -4.39. The molecule has 12 nitrogen and oxygen atoms in total. The van der Waals surface area contributed by atoms with Crippen LogP contribution in [0.15, 0.2) is 33.8 Å². The second-order valence-corrected chi connectivity index (χ2v) is 10.2. The van der Waals surface area contributed by atoms with Crippen molar-refractivity contribution in [1.82, 2.24) is 24.9 Å². The van der Waals surface area contributed by atoms with Crippen LogP contribution >= 0.6 is 0 Å². The highest BCUT2D eigenvalue weighted by Crippen LogP contribution is 2.35. The lowest BCUT2D eigenvalue weighted by molar-refractivity contribution is -0.152. The zero-order chi connectivity index (χ0) is 25.2. The van der Waals surface area contributed by atoms with Gasteiger partial charge in [0.1, 0.15) is 28.1 Å². The van der Waals surface area contributed by atoms with E-state index in [1.807, 2.05) is 13.8 Å². The van der Waals surface area contributed by atoms with E-state index in [9.17, 15) is 22.8 Å². The number of hydrazine groups is 1. The lowest BCUT2D eigenvalue weighted by Gasteiger charge is -2.44. The van der Waals surface area contributed by atoms with Crippen LogP contribution in [0.25, 0.3) is 0 Å². The van der Waals surface area contributed by atoms with Crippen molar-refractivity contribution in [2.75, 3.05) is 6.54 Å². The SMILES string of the molecule is CC(=O)CN(NC(=O)[C@H](CC(C)C)N1C(=O)OC1c1ccccn1)S(=O)(=O)c1c(C)noc1C. The largest absolute Gasteiger partial charge is 0.419 e. The molecule has 3 rings (SSSR count). The van der Waals surface area contributed by atoms with E-state index in [0.29, 0.717) is 10.1 Å². The van der Waals surface area contributed by atoms with E-state index in [1.54, 1.807) is 18.2 Å². The molecule has 2 amide bonds. The van der Waals surface area contributed by atoms with Gasteiger partial charge in [0.2, 0.25) is 6.23 Å². The molecule has 0 spiro atoms. The fraction of sp³-hybridized carbons (Fsp3) is 0.476. The quantitative estimate of drug-likeness (QED) is 0.489. The number of ether oxygens (including phenoxy) is 1. The summed E-state index contributed by atoms with van der Waals surface area (Å²) in [6.07, 6.45) is 0.109. The first-order valence-corrected chi connectivity index (χ1v) is 12.0. The number of sulfonamides is 1. The molecule has 184 valence electrons. The molecule has 2 aromatic rings. The molecule has 0 radical (unpaired) electrons. The van der Waals surface area contributed by atoms with Crippen LogP contribution in [-0.2, 0) is 24.3 Å². The number of carbonyl (C=O) groups excluding carboxylic acids is 3. The van der Waals surface area contributed by atoms with Gasteiger partial charge in [-0.25, -0.2) is 13.2 Å². The third kappa shape index (κ3) is 5.09. The molecule has 1 aliphatic heterocycles. The number of hydrogen-bond acceptors (Lipinski definition) is 9. The summed E-state index contributed by atoms with van der Waals surface area (Å²) in [6.45, 7) is 7.13. The minimum atomic E-state index is -4.39. The number of pyridine rings is 1. The van der Waals surface area contributed by atoms with Gasteiger partial charge in [0.05, 0.1) is 6.54 Å². The van der Waals surface area contributed by atoms with Crippen molar-refractivity contribution < 1.29 is 32.1 Å². The highest BCUT2D eigenvalue weighted by molar-refractivity contribution is 7.89. The summed E-state index contributed by atoms with van der Waals surface area (Å²) >= 11 is 0. The van der Waals surface area contributed by atoms with Crippen molar-refractivity contribution in [3.05, 3.63) is 41.5 Å². The Morgan fingerprint density at radius 1 is 1.26 bits per heavy atom. The summed E-state index contributed by atoms with van der Waals surface area (Å²) in [5, 5.41) is 3.65. The number of nitrogens with zero attached hydrogens (tertiary/aromatic N) is 4. The van der Waals surface area contributed by atoms with Crippen molar-refractivity contribution in [1.29, 1.82) is 0 Å². The summed E-state index contributed by atoms with van der Waals surface area (Å²) in [5.74, 6) is -1.32. The molecule has 0 aliphatic carbocycles. The van der Waals surface area contributed by atoms with Gasteiger partial charge in [-0.15, -0.1) is 4.41 Å². The molecule has 1 unspecified atom stereocenters. The van der Waals surface area contributed by atoms with Crippen molar-refractivity contribution in [3.8, 4) is 0 Å². The second-order valence-electron chi connectivity index (χ2n) is 8.39. The number of rotatable bonds is 10. The zero-order valence-corrected chi connectivity index (χ0v) is 20.3. The lowest BCUT2D eigenvalue weighted by Crippen LogP contribution is -2.61. The molecule has 1 fully saturated rings. The van der Waals surface area contributed by atoms with E-state index < -0.39 is 46.6 Å². The van der Waals surface area contributed by atoms with Gasteiger partial charge < -0.3 is 9.26 Å². The molecule has 0 aromatic carbocycles. The van der Waals surface area contributed by atoms with E-state index in [1.165, 1.54) is 31.9 Å². The molecule has 0 saturated carbocycles. The van der Waals surface area contributed by atoms with E-state index in [4.69, 9.17) is 9.26 Å². The van der Waals surface area contributed by atoms with Gasteiger partial charge in [-0.1, -0.05) is 25.1 Å². The first-order chi connectivity index (χ1) is 15.9. The van der Waals surface area contributed by atoms with Gasteiger partial charge >= 0.3 is 6.09 Å². The fourth-order valence-corrected chi connectivity index (χ4v) is 5.20. The normalized spacial score (nSPS) is 16.9. The molecule has 3 heterocycles. The van der Waals surface area contributed by atoms with Crippen LogP contribution in [0.1, 0.15) is 50.6 Å². The van der Waals surface area contributed by atoms with E-state index >= 15 is 0 Å². The Kier molecular flexibility index (Phi) is 7.36.